The highest BCUT2D eigenvalue weighted by Gasteiger charge is 2.46. The minimum Gasteiger partial charge on any atom is -0.462 e. The number of unbranched alkanes of at least 4 members (excludes halogenated alkanes) is 4. The zero-order valence-corrected chi connectivity index (χ0v) is 46.7. The van der Waals surface area contributed by atoms with Gasteiger partial charge in [0.25, 0.3) is 0 Å². The van der Waals surface area contributed by atoms with Crippen molar-refractivity contribution in [1.29, 1.82) is 0 Å². The van der Waals surface area contributed by atoms with E-state index in [0.29, 0.717) is 32.1 Å². The average Bonchev–Trinajstić information content (AvgIpc) is 3.68. The largest absolute Gasteiger partial charge is 0.481 e. The molecule has 1 fully saturated rings. The summed E-state index contributed by atoms with van der Waals surface area (Å²) in [6.45, 7) is 1.66. The molecule has 0 aliphatic carbocycles. The Morgan fingerprint density at radius 1 is 0.705 bits per heavy atom. The summed E-state index contributed by atoms with van der Waals surface area (Å²) >= 11 is 0. The number of nitrogen functional groups attached to an aromatic ring is 1. The van der Waals surface area contributed by atoms with Gasteiger partial charge < -0.3 is 50.2 Å². The molecule has 0 bridgehead atoms. The number of nitrogens with zero attached hydrogens (tertiary/aromatic N) is 2. The van der Waals surface area contributed by atoms with Gasteiger partial charge in [-0.1, -0.05) is 160 Å². The van der Waals surface area contributed by atoms with E-state index in [-0.39, 0.29) is 25.1 Å². The van der Waals surface area contributed by atoms with Crippen molar-refractivity contribution in [2.24, 2.45) is 0 Å². The Kier molecular flexibility index (Phi) is 36.9. The molecule has 1 aromatic rings. The van der Waals surface area contributed by atoms with Crippen LogP contribution in [0, 0.1) is 0 Å². The van der Waals surface area contributed by atoms with Gasteiger partial charge in [-0.25, -0.2) is 13.9 Å². The Bertz CT molecular complexity index is 2370. The maximum Gasteiger partial charge on any atom is 0.481 e. The smallest absolute Gasteiger partial charge is 0.462 e. The van der Waals surface area contributed by atoms with Crippen molar-refractivity contribution in [2.45, 2.75) is 159 Å². The number of ether oxygens (including phenoxy) is 3. The molecule has 0 radical (unpaired) electrons. The molecule has 0 amide bonds. The Morgan fingerprint density at radius 3 is 1.95 bits per heavy atom. The van der Waals surface area contributed by atoms with Crippen LogP contribution in [-0.2, 0) is 46.3 Å². The zero-order valence-electron chi connectivity index (χ0n) is 44.9. The van der Waals surface area contributed by atoms with Crippen LogP contribution in [0.25, 0.3) is 0 Å². The van der Waals surface area contributed by atoms with Crippen LogP contribution in [0.2, 0.25) is 0 Å². The molecule has 22 heteroatoms. The number of carbonyl (C=O) groups is 2. The van der Waals surface area contributed by atoms with E-state index in [0.717, 1.165) is 42.9 Å². The van der Waals surface area contributed by atoms with Crippen LogP contribution >= 0.6 is 15.6 Å². The number of aliphatic hydroxyl groups excluding tert-OH is 4. The predicted molar refractivity (Wildman–Crippen MR) is 300 cm³/mol. The quantitative estimate of drug-likeness (QED) is 0.0106. The topological polar surface area (TPSA) is 306 Å². The molecular weight excluding hydrogens is 1050 g/mol. The molecule has 8 N–H and O–H groups in total. The molecule has 2 heterocycles. The second-order valence-corrected chi connectivity index (χ2v) is 20.7. The first kappa shape index (κ1) is 68.9. The molecule has 9 atom stereocenters. The number of esters is 2. The number of phosphoric ester groups is 2. The Morgan fingerprint density at radius 2 is 1.31 bits per heavy atom. The number of aliphatic hydroxyl groups is 4. The van der Waals surface area contributed by atoms with Crippen LogP contribution in [0.4, 0.5) is 5.82 Å². The maximum atomic E-state index is 12.9. The summed E-state index contributed by atoms with van der Waals surface area (Å²) in [5.41, 5.74) is 4.56. The molecule has 78 heavy (non-hydrogen) atoms. The highest BCUT2D eigenvalue weighted by atomic mass is 31.3. The molecule has 0 aromatic carbocycles. The SMILES string of the molecule is CC/C=C\C[C@H](O)/C=C/C=C\C/C=C\C=C\[C@H](O)/C=C\CCCC(=O)O[C@H](COC(=O)CC/C=C\C/C=C\C/C=C\C/C=C\C/C=C\CCCCC)COP(=O)(O)OP(=O)(O)OC[C@H]1O[C@@H](n2ccc(N)nc2=O)[C@H](O)[C@@H]1O. The normalized spacial score (nSPS) is 20.4. The molecule has 434 valence electrons. The number of rotatable bonds is 41. The van der Waals surface area contributed by atoms with Crippen LogP contribution in [0.3, 0.4) is 0 Å². The van der Waals surface area contributed by atoms with E-state index in [2.05, 4.69) is 52.7 Å². The van der Waals surface area contributed by atoms with E-state index in [1.165, 1.54) is 31.4 Å². The Hall–Kier alpha value is -5.18. The molecule has 1 aliphatic rings. The van der Waals surface area contributed by atoms with Gasteiger partial charge >= 0.3 is 33.3 Å². The number of hydrogen-bond acceptors (Lipinski definition) is 17. The fraction of sp³-hybridized carbons (Fsp3) is 0.500. The third-order valence-electron chi connectivity index (χ3n) is 10.9. The second-order valence-electron chi connectivity index (χ2n) is 17.7. The summed E-state index contributed by atoms with van der Waals surface area (Å²) in [4.78, 5) is 62.0. The Balaban J connectivity index is 1.90. The van der Waals surface area contributed by atoms with Crippen molar-refractivity contribution in [3.63, 3.8) is 0 Å². The minimum atomic E-state index is -5.50. The first-order valence-corrected chi connectivity index (χ1v) is 29.4. The Labute approximate surface area is 459 Å². The molecule has 2 unspecified atom stereocenters. The van der Waals surface area contributed by atoms with Gasteiger partial charge in [0.05, 0.1) is 25.4 Å². The summed E-state index contributed by atoms with van der Waals surface area (Å²) in [6.07, 6.45) is 44.7. The predicted octanol–water partition coefficient (Wildman–Crippen LogP) is 9.27. The molecule has 0 spiro atoms. The van der Waals surface area contributed by atoms with E-state index >= 15 is 0 Å². The van der Waals surface area contributed by atoms with E-state index < -0.39 is 95.9 Å². The number of allylic oxidation sites excluding steroid dienone is 18. The van der Waals surface area contributed by atoms with E-state index in [1.807, 2.05) is 61.6 Å². The summed E-state index contributed by atoms with van der Waals surface area (Å²) in [5.74, 6) is -1.61. The number of nitrogens with two attached hydrogens (primary N) is 1. The first-order chi connectivity index (χ1) is 37.5. The fourth-order valence-corrected chi connectivity index (χ4v) is 8.91. The van der Waals surface area contributed by atoms with Crippen molar-refractivity contribution in [2.75, 3.05) is 25.6 Å². The molecular formula is C56H83N3O17P2. The highest BCUT2D eigenvalue weighted by molar-refractivity contribution is 7.61. The van der Waals surface area contributed by atoms with E-state index in [4.69, 9.17) is 29.0 Å². The average molecular weight is 1130 g/mol. The zero-order chi connectivity index (χ0) is 57.3. The molecule has 2 rings (SSSR count). The van der Waals surface area contributed by atoms with Gasteiger partial charge in [0, 0.05) is 19.0 Å². The molecule has 1 aliphatic heterocycles. The van der Waals surface area contributed by atoms with Crippen molar-refractivity contribution in [1.82, 2.24) is 9.55 Å². The van der Waals surface area contributed by atoms with Crippen molar-refractivity contribution in [3.8, 4) is 0 Å². The van der Waals surface area contributed by atoms with Gasteiger partial charge in [0.1, 0.15) is 30.7 Å². The number of carbonyl (C=O) groups excluding carboxylic acids is 2. The van der Waals surface area contributed by atoms with Crippen LogP contribution in [0.5, 0.6) is 0 Å². The van der Waals surface area contributed by atoms with Gasteiger partial charge in [0.15, 0.2) is 12.3 Å². The number of phosphoric acid groups is 2. The molecule has 0 saturated carbocycles. The lowest BCUT2D eigenvalue weighted by molar-refractivity contribution is -0.161. The maximum absolute atomic E-state index is 12.9. The lowest BCUT2D eigenvalue weighted by Crippen LogP contribution is -2.36. The van der Waals surface area contributed by atoms with Gasteiger partial charge in [0.2, 0.25) is 0 Å². The standard InChI is InChI=1S/C56H83N3O17P2/c1-3-5-7-8-9-10-11-12-13-14-15-16-17-18-19-20-24-27-33-39-51(62)71-43-48(74-52(63)40-34-28-32-38-47(61)37-31-26-23-21-22-25-30-36-46(60)35-29-6-4-2)44-72-77(67,68)76-78(69,70)73-45-49-53(64)54(65)55(75-49)59-42-41-50(57)58-56(59)66/h6,9-10,12-13,15-16,18-19,22-27,29-32,36-38,41-42,46-49,53-55,60-61,64-65H,3-5,7-8,11,14,17,20-21,28,33-35,39-40,43-45H2,1-2H3,(H,67,68)(H,69,70)(H2,57,58,66)/b10-9-,13-12-,16-15-,19-18-,25-22-,26-23-,27-24-,29-6-,36-30+,37-31+,38-32-/t46-,47-,48+,49+,53+,54+,55+/m0/s1. The summed E-state index contributed by atoms with van der Waals surface area (Å²) in [7, 11) is -11.0. The minimum absolute atomic E-state index is 0.0485. The summed E-state index contributed by atoms with van der Waals surface area (Å²) in [5, 5.41) is 41.1. The first-order valence-electron chi connectivity index (χ1n) is 26.4. The van der Waals surface area contributed by atoms with E-state index in [1.54, 1.807) is 36.5 Å². The van der Waals surface area contributed by atoms with Crippen molar-refractivity contribution < 1.29 is 76.5 Å². The van der Waals surface area contributed by atoms with Crippen LogP contribution in [0.1, 0.15) is 123 Å². The molecule has 1 aromatic heterocycles. The summed E-state index contributed by atoms with van der Waals surface area (Å²) in [6, 6.07) is 1.23. The lowest BCUT2D eigenvalue weighted by atomic mass is 10.1. The third-order valence-corrected chi connectivity index (χ3v) is 13.5. The van der Waals surface area contributed by atoms with Crippen molar-refractivity contribution in [3.05, 3.63) is 156 Å². The van der Waals surface area contributed by atoms with E-state index in [9.17, 15) is 53.7 Å². The second kappa shape index (κ2) is 41.8. The van der Waals surface area contributed by atoms with Crippen LogP contribution in [-0.4, -0.2) is 108 Å². The number of aromatic nitrogens is 2. The van der Waals surface area contributed by atoms with Crippen LogP contribution < -0.4 is 11.4 Å². The summed E-state index contributed by atoms with van der Waals surface area (Å²) < 4.78 is 56.6. The molecule has 1 saturated heterocycles. The highest BCUT2D eigenvalue weighted by Crippen LogP contribution is 2.60. The van der Waals surface area contributed by atoms with Gasteiger partial charge in [-0.2, -0.15) is 9.29 Å². The van der Waals surface area contributed by atoms with Gasteiger partial charge in [-0.05, 0) is 83.1 Å². The monoisotopic (exact) mass is 1130 g/mol. The van der Waals surface area contributed by atoms with Gasteiger partial charge in [-0.3, -0.25) is 23.2 Å². The fourth-order valence-electron chi connectivity index (χ4n) is 6.80. The number of hydrogen-bond donors (Lipinski definition) is 7. The van der Waals surface area contributed by atoms with Crippen LogP contribution in [0.15, 0.2) is 151 Å². The molecule has 20 nitrogen and oxygen atoms in total. The number of anilines is 1. The lowest BCUT2D eigenvalue weighted by Gasteiger charge is -2.21. The third kappa shape index (κ3) is 34.0. The van der Waals surface area contributed by atoms with Crippen molar-refractivity contribution >= 4 is 33.4 Å². The van der Waals surface area contributed by atoms with Gasteiger partial charge in [-0.15, -0.1) is 0 Å².